The average molecular weight is 288 g/mol. The highest BCUT2D eigenvalue weighted by atomic mass is 19.1. The number of nitrogens with zero attached hydrogens (tertiary/aromatic N) is 1. The molecular weight excluding hydrogens is 267 g/mol. The van der Waals surface area contributed by atoms with Gasteiger partial charge < -0.3 is 10.1 Å². The molecule has 1 aromatic heterocycles. The van der Waals surface area contributed by atoms with E-state index in [0.29, 0.717) is 5.75 Å². The maximum absolute atomic E-state index is 14.1. The molecule has 2 aromatic rings. The first-order chi connectivity index (χ1) is 10.1. The van der Waals surface area contributed by atoms with Gasteiger partial charge in [0, 0.05) is 11.7 Å². The van der Waals surface area contributed by atoms with E-state index in [1.54, 1.807) is 18.3 Å². The fraction of sp³-hybridized carbons (Fsp3) is 0.353. The molecule has 0 aliphatic rings. The third kappa shape index (κ3) is 4.26. The molecule has 1 aromatic carbocycles. The van der Waals surface area contributed by atoms with E-state index in [4.69, 9.17) is 4.74 Å². The molecule has 4 heteroatoms. The van der Waals surface area contributed by atoms with Crippen molar-refractivity contribution in [1.29, 1.82) is 0 Å². The van der Waals surface area contributed by atoms with E-state index in [9.17, 15) is 4.39 Å². The SMILES string of the molecule is CCCNC(C)c1ccc(Oc2ccc(C)nc2)c(F)c1. The van der Waals surface area contributed by atoms with Crippen molar-refractivity contribution in [3.63, 3.8) is 0 Å². The third-order valence-electron chi connectivity index (χ3n) is 3.27. The van der Waals surface area contributed by atoms with Gasteiger partial charge >= 0.3 is 0 Å². The van der Waals surface area contributed by atoms with Gasteiger partial charge in [-0.1, -0.05) is 13.0 Å². The number of ether oxygens (including phenoxy) is 1. The fourth-order valence-electron chi connectivity index (χ4n) is 1.99. The molecule has 1 N–H and O–H groups in total. The van der Waals surface area contributed by atoms with Crippen molar-refractivity contribution in [3.8, 4) is 11.5 Å². The van der Waals surface area contributed by atoms with Gasteiger partial charge in [0.2, 0.25) is 0 Å². The second-order valence-corrected chi connectivity index (χ2v) is 5.10. The lowest BCUT2D eigenvalue weighted by Crippen LogP contribution is -2.19. The zero-order valence-electron chi connectivity index (χ0n) is 12.7. The molecule has 1 unspecified atom stereocenters. The number of hydrogen-bond donors (Lipinski definition) is 1. The van der Waals surface area contributed by atoms with Crippen molar-refractivity contribution in [3.05, 3.63) is 53.6 Å². The molecule has 0 spiro atoms. The predicted molar refractivity (Wildman–Crippen MR) is 82.2 cm³/mol. The summed E-state index contributed by atoms with van der Waals surface area (Å²) in [6.07, 6.45) is 2.64. The second kappa shape index (κ2) is 7.18. The van der Waals surface area contributed by atoms with Crippen LogP contribution in [0.15, 0.2) is 36.5 Å². The zero-order chi connectivity index (χ0) is 15.2. The van der Waals surface area contributed by atoms with Crippen LogP contribution >= 0.6 is 0 Å². The van der Waals surface area contributed by atoms with E-state index >= 15 is 0 Å². The largest absolute Gasteiger partial charge is 0.453 e. The highest BCUT2D eigenvalue weighted by Gasteiger charge is 2.10. The standard InChI is InChI=1S/C17H21FN2O/c1-4-9-19-13(3)14-6-8-17(16(18)10-14)21-15-7-5-12(2)20-11-15/h5-8,10-11,13,19H,4,9H2,1-3H3. The van der Waals surface area contributed by atoms with E-state index in [-0.39, 0.29) is 17.6 Å². The smallest absolute Gasteiger partial charge is 0.166 e. The minimum Gasteiger partial charge on any atom is -0.453 e. The molecule has 1 atom stereocenters. The minimum absolute atomic E-state index is 0.120. The maximum Gasteiger partial charge on any atom is 0.166 e. The third-order valence-corrected chi connectivity index (χ3v) is 3.27. The Hall–Kier alpha value is -1.94. The van der Waals surface area contributed by atoms with Gasteiger partial charge in [0.05, 0.1) is 6.20 Å². The van der Waals surface area contributed by atoms with Gasteiger partial charge in [-0.3, -0.25) is 4.98 Å². The van der Waals surface area contributed by atoms with Crippen molar-refractivity contribution in [1.82, 2.24) is 10.3 Å². The van der Waals surface area contributed by atoms with Crippen molar-refractivity contribution in [2.45, 2.75) is 33.2 Å². The van der Waals surface area contributed by atoms with E-state index in [1.807, 2.05) is 26.0 Å². The van der Waals surface area contributed by atoms with Gasteiger partial charge in [-0.05, 0) is 56.6 Å². The monoisotopic (exact) mass is 288 g/mol. The Morgan fingerprint density at radius 1 is 1.29 bits per heavy atom. The van der Waals surface area contributed by atoms with E-state index in [2.05, 4.69) is 17.2 Å². The molecule has 0 saturated heterocycles. The number of halogens is 1. The summed E-state index contributed by atoms with van der Waals surface area (Å²) in [6, 6.07) is 8.79. The van der Waals surface area contributed by atoms with Crippen molar-refractivity contribution in [2.75, 3.05) is 6.54 Å². The number of aryl methyl sites for hydroxylation is 1. The average Bonchev–Trinajstić information content (AvgIpc) is 2.49. The highest BCUT2D eigenvalue weighted by molar-refractivity contribution is 5.34. The van der Waals surface area contributed by atoms with Crippen LogP contribution in [0.5, 0.6) is 11.5 Å². The molecular formula is C17H21FN2O. The summed E-state index contributed by atoms with van der Waals surface area (Å²) < 4.78 is 19.6. The summed E-state index contributed by atoms with van der Waals surface area (Å²) in [5.74, 6) is 0.384. The lowest BCUT2D eigenvalue weighted by Gasteiger charge is -2.15. The Morgan fingerprint density at radius 2 is 2.10 bits per heavy atom. The van der Waals surface area contributed by atoms with Crippen LogP contribution in [0.3, 0.4) is 0 Å². The zero-order valence-corrected chi connectivity index (χ0v) is 12.7. The Morgan fingerprint density at radius 3 is 2.71 bits per heavy atom. The lowest BCUT2D eigenvalue weighted by atomic mass is 10.1. The molecule has 112 valence electrons. The summed E-state index contributed by atoms with van der Waals surface area (Å²) in [6.45, 7) is 6.93. The van der Waals surface area contributed by atoms with Gasteiger partial charge in [-0.2, -0.15) is 0 Å². The van der Waals surface area contributed by atoms with Gasteiger partial charge in [0.1, 0.15) is 5.75 Å². The number of rotatable bonds is 6. The number of benzene rings is 1. The molecule has 21 heavy (non-hydrogen) atoms. The Kier molecular flexibility index (Phi) is 5.28. The minimum atomic E-state index is -0.363. The molecule has 0 saturated carbocycles. The Labute approximate surface area is 125 Å². The first-order valence-electron chi connectivity index (χ1n) is 7.23. The topological polar surface area (TPSA) is 34.1 Å². The van der Waals surface area contributed by atoms with Crippen LogP contribution in [0.2, 0.25) is 0 Å². The number of nitrogens with one attached hydrogen (secondary N) is 1. The Bertz CT molecular complexity index is 584. The summed E-state index contributed by atoms with van der Waals surface area (Å²) in [5.41, 5.74) is 1.81. The molecule has 0 fully saturated rings. The number of hydrogen-bond acceptors (Lipinski definition) is 3. The summed E-state index contributed by atoms with van der Waals surface area (Å²) in [7, 11) is 0. The van der Waals surface area contributed by atoms with Gasteiger partial charge in [-0.25, -0.2) is 4.39 Å². The summed E-state index contributed by atoms with van der Waals surface area (Å²) in [5, 5.41) is 3.33. The van der Waals surface area contributed by atoms with E-state index < -0.39 is 0 Å². The molecule has 0 aliphatic carbocycles. The molecule has 0 amide bonds. The molecule has 0 radical (unpaired) electrons. The van der Waals surface area contributed by atoms with Crippen molar-refractivity contribution in [2.24, 2.45) is 0 Å². The van der Waals surface area contributed by atoms with E-state index in [1.165, 1.54) is 6.07 Å². The molecule has 0 aliphatic heterocycles. The van der Waals surface area contributed by atoms with Crippen LogP contribution in [0, 0.1) is 12.7 Å². The second-order valence-electron chi connectivity index (χ2n) is 5.10. The molecule has 1 heterocycles. The first-order valence-corrected chi connectivity index (χ1v) is 7.23. The lowest BCUT2D eigenvalue weighted by molar-refractivity contribution is 0.438. The van der Waals surface area contributed by atoms with Crippen LogP contribution in [0.25, 0.3) is 0 Å². The number of aromatic nitrogens is 1. The first kappa shape index (κ1) is 15.4. The van der Waals surface area contributed by atoms with Gasteiger partial charge in [0.25, 0.3) is 0 Å². The van der Waals surface area contributed by atoms with Crippen LogP contribution < -0.4 is 10.1 Å². The number of pyridine rings is 1. The maximum atomic E-state index is 14.1. The summed E-state index contributed by atoms with van der Waals surface area (Å²) >= 11 is 0. The van der Waals surface area contributed by atoms with Crippen LogP contribution in [0.1, 0.15) is 37.6 Å². The summed E-state index contributed by atoms with van der Waals surface area (Å²) in [4.78, 5) is 4.13. The van der Waals surface area contributed by atoms with Crippen LogP contribution in [-0.4, -0.2) is 11.5 Å². The molecule has 2 rings (SSSR count). The predicted octanol–water partition coefficient (Wildman–Crippen LogP) is 4.38. The fourth-order valence-corrected chi connectivity index (χ4v) is 1.99. The highest BCUT2D eigenvalue weighted by Crippen LogP contribution is 2.26. The molecule has 0 bridgehead atoms. The van der Waals surface area contributed by atoms with E-state index in [0.717, 1.165) is 24.2 Å². The Balaban J connectivity index is 2.10. The van der Waals surface area contributed by atoms with Crippen molar-refractivity contribution >= 4 is 0 Å². The molecule has 3 nitrogen and oxygen atoms in total. The van der Waals surface area contributed by atoms with Crippen molar-refractivity contribution < 1.29 is 9.13 Å². The quantitative estimate of drug-likeness (QED) is 0.856. The van der Waals surface area contributed by atoms with Crippen LogP contribution in [0.4, 0.5) is 4.39 Å². The normalized spacial score (nSPS) is 12.2. The van der Waals surface area contributed by atoms with Crippen LogP contribution in [-0.2, 0) is 0 Å². The van der Waals surface area contributed by atoms with Gasteiger partial charge in [-0.15, -0.1) is 0 Å². The van der Waals surface area contributed by atoms with Gasteiger partial charge in [0.15, 0.2) is 11.6 Å².